The zero-order chi connectivity index (χ0) is 12.5. The van der Waals surface area contributed by atoms with Gasteiger partial charge in [0.05, 0.1) is 5.92 Å². The van der Waals surface area contributed by atoms with E-state index in [-0.39, 0.29) is 5.92 Å². The molecule has 0 N–H and O–H groups in total. The number of allylic oxidation sites excluding steroid dienone is 3. The zero-order valence-corrected chi connectivity index (χ0v) is 11.1. The predicted octanol–water partition coefficient (Wildman–Crippen LogP) is 3.67. The number of Topliss-reactive ketones (excluding diaryl/α,β-unsaturated/α-hetero) is 1. The van der Waals surface area contributed by atoms with Crippen molar-refractivity contribution < 1.29 is 9.53 Å². The molecule has 0 amide bonds. The molecule has 0 spiro atoms. The van der Waals surface area contributed by atoms with Crippen LogP contribution >= 0.6 is 0 Å². The molecule has 17 heavy (non-hydrogen) atoms. The average molecular weight is 236 g/mol. The molecule has 1 atom stereocenters. The smallest absolute Gasteiger partial charge is 0.143 e. The van der Waals surface area contributed by atoms with Gasteiger partial charge in [-0.15, -0.1) is 0 Å². The van der Waals surface area contributed by atoms with Crippen LogP contribution in [0.2, 0.25) is 0 Å². The summed E-state index contributed by atoms with van der Waals surface area (Å²) in [6, 6.07) is 0. The lowest BCUT2D eigenvalue weighted by Crippen LogP contribution is -2.14. The Morgan fingerprint density at radius 2 is 2.18 bits per heavy atom. The minimum absolute atomic E-state index is 0.0341. The second kappa shape index (κ2) is 8.24. The second-order valence-electron chi connectivity index (χ2n) is 4.62. The summed E-state index contributed by atoms with van der Waals surface area (Å²) in [5.74, 6) is 0.406. The van der Waals surface area contributed by atoms with Crippen molar-refractivity contribution in [2.24, 2.45) is 5.92 Å². The average Bonchev–Trinajstić information content (AvgIpc) is 2.80. The van der Waals surface area contributed by atoms with Crippen LogP contribution in [0.1, 0.15) is 45.4 Å². The van der Waals surface area contributed by atoms with Crippen LogP contribution < -0.4 is 0 Å². The molecular weight excluding hydrogens is 212 g/mol. The van der Waals surface area contributed by atoms with E-state index in [9.17, 15) is 4.79 Å². The van der Waals surface area contributed by atoms with Gasteiger partial charge in [-0.05, 0) is 12.8 Å². The van der Waals surface area contributed by atoms with E-state index in [0.717, 1.165) is 19.3 Å². The molecule has 2 heteroatoms. The van der Waals surface area contributed by atoms with Gasteiger partial charge < -0.3 is 4.74 Å². The number of unbranched alkanes of at least 4 members (excludes halogenated alkanes) is 3. The first-order valence-electron chi connectivity index (χ1n) is 6.68. The van der Waals surface area contributed by atoms with Gasteiger partial charge in [0.15, 0.2) is 0 Å². The summed E-state index contributed by atoms with van der Waals surface area (Å²) in [5.41, 5.74) is 1.22. The molecule has 0 fully saturated rings. The summed E-state index contributed by atoms with van der Waals surface area (Å²) in [6.45, 7) is 2.89. The Kier molecular flexibility index (Phi) is 6.87. The van der Waals surface area contributed by atoms with Crippen LogP contribution in [0.5, 0.6) is 0 Å². The number of ketones is 1. The summed E-state index contributed by atoms with van der Waals surface area (Å²) in [4.78, 5) is 12.0. The van der Waals surface area contributed by atoms with Gasteiger partial charge in [0, 0.05) is 20.1 Å². The molecule has 0 aliphatic heterocycles. The SMILES string of the molecule is CCCCCCC(=O)C1C=CC=C1CCOC. The molecular formula is C15H24O2. The molecule has 1 aliphatic rings. The van der Waals surface area contributed by atoms with Crippen LogP contribution in [0, 0.1) is 5.92 Å². The Bertz CT molecular complexity index is 289. The monoisotopic (exact) mass is 236 g/mol. The highest BCUT2D eigenvalue weighted by Gasteiger charge is 2.21. The predicted molar refractivity (Wildman–Crippen MR) is 71.0 cm³/mol. The fraction of sp³-hybridized carbons (Fsp3) is 0.667. The topological polar surface area (TPSA) is 26.3 Å². The van der Waals surface area contributed by atoms with E-state index in [4.69, 9.17) is 4.74 Å². The second-order valence-corrected chi connectivity index (χ2v) is 4.62. The number of rotatable bonds is 9. The van der Waals surface area contributed by atoms with Crippen molar-refractivity contribution in [1.82, 2.24) is 0 Å². The van der Waals surface area contributed by atoms with Crippen molar-refractivity contribution in [1.29, 1.82) is 0 Å². The molecule has 0 aromatic heterocycles. The maximum absolute atomic E-state index is 12.0. The molecule has 2 nitrogen and oxygen atoms in total. The van der Waals surface area contributed by atoms with Gasteiger partial charge in [0.2, 0.25) is 0 Å². The van der Waals surface area contributed by atoms with Crippen LogP contribution in [0.15, 0.2) is 23.8 Å². The number of carbonyl (C=O) groups excluding carboxylic acids is 1. The third-order valence-electron chi connectivity index (χ3n) is 3.23. The Morgan fingerprint density at radius 3 is 2.88 bits per heavy atom. The summed E-state index contributed by atoms with van der Waals surface area (Å²) in [6.07, 6.45) is 12.3. The van der Waals surface area contributed by atoms with E-state index in [1.54, 1.807) is 7.11 Å². The van der Waals surface area contributed by atoms with Gasteiger partial charge in [0.25, 0.3) is 0 Å². The summed E-state index contributed by atoms with van der Waals surface area (Å²) < 4.78 is 5.07. The number of methoxy groups -OCH3 is 1. The van der Waals surface area contributed by atoms with E-state index in [1.807, 2.05) is 12.2 Å². The van der Waals surface area contributed by atoms with Crippen LogP contribution in [0.25, 0.3) is 0 Å². The van der Waals surface area contributed by atoms with Crippen molar-refractivity contribution in [2.45, 2.75) is 45.4 Å². The van der Waals surface area contributed by atoms with Crippen molar-refractivity contribution >= 4 is 5.78 Å². The van der Waals surface area contributed by atoms with E-state index < -0.39 is 0 Å². The highest BCUT2D eigenvalue weighted by atomic mass is 16.5. The van der Waals surface area contributed by atoms with E-state index >= 15 is 0 Å². The first kappa shape index (κ1) is 14.2. The fourth-order valence-corrected chi connectivity index (χ4v) is 2.17. The van der Waals surface area contributed by atoms with Gasteiger partial charge in [-0.1, -0.05) is 50.0 Å². The summed E-state index contributed by atoms with van der Waals surface area (Å²) in [7, 11) is 1.70. The molecule has 0 aromatic rings. The van der Waals surface area contributed by atoms with Crippen molar-refractivity contribution in [3.63, 3.8) is 0 Å². The van der Waals surface area contributed by atoms with Gasteiger partial charge in [-0.25, -0.2) is 0 Å². The van der Waals surface area contributed by atoms with Gasteiger partial charge in [-0.3, -0.25) is 4.79 Å². The molecule has 0 aromatic carbocycles. The van der Waals surface area contributed by atoms with Crippen molar-refractivity contribution in [3.05, 3.63) is 23.8 Å². The maximum atomic E-state index is 12.0. The van der Waals surface area contributed by atoms with Crippen LogP contribution in [-0.4, -0.2) is 19.5 Å². The number of hydrogen-bond acceptors (Lipinski definition) is 2. The van der Waals surface area contributed by atoms with Crippen LogP contribution in [0.4, 0.5) is 0 Å². The molecule has 0 saturated carbocycles. The quantitative estimate of drug-likeness (QED) is 0.571. The Balaban J connectivity index is 2.30. The largest absolute Gasteiger partial charge is 0.384 e. The highest BCUT2D eigenvalue weighted by Crippen LogP contribution is 2.25. The number of ether oxygens (including phenoxy) is 1. The standard InChI is InChI=1S/C15H24O2/c1-3-4-5-6-10-15(16)14-9-7-8-13(14)11-12-17-2/h7-9,14H,3-6,10-12H2,1-2H3. The zero-order valence-electron chi connectivity index (χ0n) is 11.1. The third-order valence-corrected chi connectivity index (χ3v) is 3.23. The summed E-state index contributed by atoms with van der Waals surface area (Å²) in [5, 5.41) is 0. The normalized spacial score (nSPS) is 18.5. The molecule has 96 valence electrons. The van der Waals surface area contributed by atoms with E-state index in [2.05, 4.69) is 13.0 Å². The van der Waals surface area contributed by atoms with Crippen molar-refractivity contribution in [2.75, 3.05) is 13.7 Å². The van der Waals surface area contributed by atoms with E-state index in [0.29, 0.717) is 12.4 Å². The molecule has 0 radical (unpaired) electrons. The number of hydrogen-bond donors (Lipinski definition) is 0. The van der Waals surface area contributed by atoms with E-state index in [1.165, 1.54) is 24.8 Å². The molecule has 1 unspecified atom stereocenters. The Labute approximate surface area is 105 Å². The summed E-state index contributed by atoms with van der Waals surface area (Å²) >= 11 is 0. The molecule has 0 bridgehead atoms. The van der Waals surface area contributed by atoms with Gasteiger partial charge in [0.1, 0.15) is 5.78 Å². The lowest BCUT2D eigenvalue weighted by molar-refractivity contribution is -0.120. The van der Waals surface area contributed by atoms with Crippen molar-refractivity contribution in [3.8, 4) is 0 Å². The minimum Gasteiger partial charge on any atom is -0.384 e. The fourth-order valence-electron chi connectivity index (χ4n) is 2.17. The highest BCUT2D eigenvalue weighted by molar-refractivity contribution is 5.86. The lowest BCUT2D eigenvalue weighted by Gasteiger charge is -2.12. The molecule has 0 heterocycles. The lowest BCUT2D eigenvalue weighted by atomic mass is 9.92. The first-order chi connectivity index (χ1) is 8.29. The molecule has 1 rings (SSSR count). The van der Waals surface area contributed by atoms with Gasteiger partial charge >= 0.3 is 0 Å². The maximum Gasteiger partial charge on any atom is 0.143 e. The minimum atomic E-state index is 0.0341. The Morgan fingerprint density at radius 1 is 1.35 bits per heavy atom. The van der Waals surface area contributed by atoms with Gasteiger partial charge in [-0.2, -0.15) is 0 Å². The number of carbonyl (C=O) groups is 1. The third kappa shape index (κ3) is 4.86. The van der Waals surface area contributed by atoms with Crippen LogP contribution in [-0.2, 0) is 9.53 Å². The van der Waals surface area contributed by atoms with Crippen LogP contribution in [0.3, 0.4) is 0 Å². The molecule has 1 aliphatic carbocycles. The Hall–Kier alpha value is -0.890. The molecule has 0 saturated heterocycles. The first-order valence-corrected chi connectivity index (χ1v) is 6.68.